The molecule has 3 amide bonds. The Hall–Kier alpha value is -4.56. The van der Waals surface area contributed by atoms with Crippen LogP contribution in [0, 0.1) is 0 Å². The van der Waals surface area contributed by atoms with E-state index in [2.05, 4.69) is 15.3 Å². The summed E-state index contributed by atoms with van der Waals surface area (Å²) in [6.07, 6.45) is 2.08. The van der Waals surface area contributed by atoms with E-state index < -0.39 is 23.8 Å². The second-order valence-electron chi connectivity index (χ2n) is 8.51. The number of H-pyrrole nitrogens is 1. The SMILES string of the molecule is O=C(Nc1nc(-c2c[nH]c3ccccc23)cs1)C(Cc1ccccc1)N1C(=O)c2ccccc2C1=O. The van der Waals surface area contributed by atoms with E-state index in [4.69, 9.17) is 0 Å². The van der Waals surface area contributed by atoms with Crippen LogP contribution in [0.15, 0.2) is 90.4 Å². The fraction of sp³-hybridized carbons (Fsp3) is 0.0714. The largest absolute Gasteiger partial charge is 0.360 e. The first kappa shape index (κ1) is 21.9. The molecule has 1 unspecified atom stereocenters. The zero-order valence-electron chi connectivity index (χ0n) is 19.0. The molecule has 176 valence electrons. The quantitative estimate of drug-likeness (QED) is 0.321. The number of nitrogens with one attached hydrogen (secondary N) is 2. The maximum absolute atomic E-state index is 13.6. The Balaban J connectivity index is 1.30. The fourth-order valence-electron chi connectivity index (χ4n) is 4.56. The zero-order chi connectivity index (χ0) is 24.6. The lowest BCUT2D eigenvalue weighted by molar-refractivity contribution is -0.119. The highest BCUT2D eigenvalue weighted by molar-refractivity contribution is 7.14. The van der Waals surface area contributed by atoms with Gasteiger partial charge in [-0.3, -0.25) is 19.3 Å². The number of hydrogen-bond donors (Lipinski definition) is 2. The first-order chi connectivity index (χ1) is 17.6. The molecule has 5 aromatic rings. The molecule has 0 spiro atoms. The molecular weight excluding hydrogens is 472 g/mol. The molecular formula is C28H20N4O3S. The summed E-state index contributed by atoms with van der Waals surface area (Å²) in [5.41, 5.74) is 4.12. The lowest BCUT2D eigenvalue weighted by atomic mass is 10.0. The molecule has 2 N–H and O–H groups in total. The van der Waals surface area contributed by atoms with Gasteiger partial charge in [0.05, 0.1) is 16.8 Å². The average Bonchev–Trinajstić information content (AvgIpc) is 3.61. The van der Waals surface area contributed by atoms with Gasteiger partial charge in [0.1, 0.15) is 6.04 Å². The molecule has 2 aromatic heterocycles. The summed E-state index contributed by atoms with van der Waals surface area (Å²) in [6, 6.07) is 22.9. The summed E-state index contributed by atoms with van der Waals surface area (Å²) < 4.78 is 0. The summed E-state index contributed by atoms with van der Waals surface area (Å²) in [6.45, 7) is 0. The maximum atomic E-state index is 13.6. The minimum absolute atomic E-state index is 0.193. The maximum Gasteiger partial charge on any atom is 0.262 e. The minimum Gasteiger partial charge on any atom is -0.360 e. The molecule has 0 bridgehead atoms. The van der Waals surface area contributed by atoms with E-state index in [1.54, 1.807) is 24.3 Å². The van der Waals surface area contributed by atoms with Gasteiger partial charge in [-0.25, -0.2) is 4.98 Å². The Morgan fingerprint density at radius 1 is 0.889 bits per heavy atom. The molecule has 0 saturated heterocycles. The van der Waals surface area contributed by atoms with Crippen molar-refractivity contribution in [1.29, 1.82) is 0 Å². The monoisotopic (exact) mass is 492 g/mol. The molecule has 0 fully saturated rings. The van der Waals surface area contributed by atoms with E-state index in [0.717, 1.165) is 32.6 Å². The number of anilines is 1. The van der Waals surface area contributed by atoms with Crippen molar-refractivity contribution in [1.82, 2.24) is 14.9 Å². The highest BCUT2D eigenvalue weighted by atomic mass is 32.1. The van der Waals surface area contributed by atoms with Crippen LogP contribution in [-0.2, 0) is 11.2 Å². The van der Waals surface area contributed by atoms with Crippen LogP contribution in [0.1, 0.15) is 26.3 Å². The van der Waals surface area contributed by atoms with Crippen molar-refractivity contribution in [2.24, 2.45) is 0 Å². The zero-order valence-corrected chi connectivity index (χ0v) is 19.8. The predicted octanol–water partition coefficient (Wildman–Crippen LogP) is 5.14. The van der Waals surface area contributed by atoms with E-state index in [1.807, 2.05) is 66.2 Å². The number of amides is 3. The number of hydrogen-bond acceptors (Lipinski definition) is 5. The topological polar surface area (TPSA) is 95.2 Å². The summed E-state index contributed by atoms with van der Waals surface area (Å²) in [4.78, 5) is 48.9. The molecule has 7 nitrogen and oxygen atoms in total. The number of aromatic amines is 1. The van der Waals surface area contributed by atoms with Crippen LogP contribution < -0.4 is 5.32 Å². The molecule has 8 heteroatoms. The normalized spacial score (nSPS) is 13.7. The van der Waals surface area contributed by atoms with E-state index in [-0.39, 0.29) is 6.42 Å². The van der Waals surface area contributed by atoms with Crippen LogP contribution in [0.5, 0.6) is 0 Å². The number of nitrogens with zero attached hydrogens (tertiary/aromatic N) is 2. The van der Waals surface area contributed by atoms with E-state index >= 15 is 0 Å². The second kappa shape index (κ2) is 8.90. The Morgan fingerprint density at radius 2 is 1.56 bits per heavy atom. The molecule has 36 heavy (non-hydrogen) atoms. The molecule has 6 rings (SSSR count). The number of benzene rings is 3. The lowest BCUT2D eigenvalue weighted by Crippen LogP contribution is -2.48. The molecule has 0 radical (unpaired) electrons. The Bertz CT molecular complexity index is 1590. The van der Waals surface area contributed by atoms with Crippen LogP contribution in [0.4, 0.5) is 5.13 Å². The highest BCUT2D eigenvalue weighted by Gasteiger charge is 2.42. The van der Waals surface area contributed by atoms with Gasteiger partial charge in [0.2, 0.25) is 5.91 Å². The van der Waals surface area contributed by atoms with Crippen LogP contribution in [0.2, 0.25) is 0 Å². The predicted molar refractivity (Wildman–Crippen MR) is 139 cm³/mol. The van der Waals surface area contributed by atoms with Gasteiger partial charge in [0, 0.05) is 34.5 Å². The van der Waals surface area contributed by atoms with Crippen molar-refractivity contribution in [3.8, 4) is 11.3 Å². The van der Waals surface area contributed by atoms with Crippen molar-refractivity contribution in [3.05, 3.63) is 107 Å². The lowest BCUT2D eigenvalue weighted by Gasteiger charge is -2.25. The Morgan fingerprint density at radius 3 is 2.31 bits per heavy atom. The van der Waals surface area contributed by atoms with Crippen molar-refractivity contribution in [2.75, 3.05) is 5.32 Å². The van der Waals surface area contributed by atoms with Gasteiger partial charge < -0.3 is 10.3 Å². The number of para-hydroxylation sites is 1. The highest BCUT2D eigenvalue weighted by Crippen LogP contribution is 2.32. The third-order valence-corrected chi connectivity index (χ3v) is 7.07. The number of thiazole rings is 1. The molecule has 1 aliphatic rings. The summed E-state index contributed by atoms with van der Waals surface area (Å²) in [5, 5.41) is 6.16. The molecule has 3 aromatic carbocycles. The van der Waals surface area contributed by atoms with Gasteiger partial charge in [0.25, 0.3) is 11.8 Å². The summed E-state index contributed by atoms with van der Waals surface area (Å²) in [7, 11) is 0. The average molecular weight is 493 g/mol. The van der Waals surface area contributed by atoms with E-state index in [0.29, 0.717) is 16.3 Å². The first-order valence-corrected chi connectivity index (χ1v) is 12.3. The molecule has 0 aliphatic carbocycles. The van der Waals surface area contributed by atoms with Gasteiger partial charge in [-0.1, -0.05) is 60.7 Å². The Labute approximate surface area is 210 Å². The van der Waals surface area contributed by atoms with E-state index in [1.165, 1.54) is 11.3 Å². The number of rotatable bonds is 6. The van der Waals surface area contributed by atoms with Crippen LogP contribution in [0.25, 0.3) is 22.2 Å². The molecule has 3 heterocycles. The third-order valence-electron chi connectivity index (χ3n) is 6.31. The number of aromatic nitrogens is 2. The number of fused-ring (bicyclic) bond motifs is 2. The van der Waals surface area contributed by atoms with Gasteiger partial charge in [-0.05, 0) is 23.8 Å². The van der Waals surface area contributed by atoms with Crippen LogP contribution in [0.3, 0.4) is 0 Å². The van der Waals surface area contributed by atoms with E-state index in [9.17, 15) is 14.4 Å². The Kier molecular flexibility index (Phi) is 5.42. The fourth-order valence-corrected chi connectivity index (χ4v) is 5.27. The number of carbonyl (C=O) groups is 3. The summed E-state index contributed by atoms with van der Waals surface area (Å²) in [5.74, 6) is -1.40. The third kappa shape index (κ3) is 3.77. The minimum atomic E-state index is -1.03. The van der Waals surface area contributed by atoms with Gasteiger partial charge in [-0.2, -0.15) is 0 Å². The van der Waals surface area contributed by atoms with Crippen molar-refractivity contribution < 1.29 is 14.4 Å². The van der Waals surface area contributed by atoms with Gasteiger partial charge in [0.15, 0.2) is 5.13 Å². The smallest absolute Gasteiger partial charge is 0.262 e. The first-order valence-electron chi connectivity index (χ1n) is 11.4. The van der Waals surface area contributed by atoms with Crippen LogP contribution in [-0.4, -0.2) is 38.6 Å². The standard InChI is InChI=1S/C28H20N4O3S/c33-25(31-28-30-23(16-36-28)21-15-29-22-13-7-6-10-18(21)22)24(14-17-8-2-1-3-9-17)32-26(34)19-11-4-5-12-20(19)27(32)35/h1-13,15-16,24,29H,14H2,(H,30,31,33). The summed E-state index contributed by atoms with van der Waals surface area (Å²) >= 11 is 1.29. The van der Waals surface area contributed by atoms with Crippen molar-refractivity contribution in [3.63, 3.8) is 0 Å². The second-order valence-corrected chi connectivity index (χ2v) is 9.36. The van der Waals surface area contributed by atoms with Gasteiger partial charge in [-0.15, -0.1) is 11.3 Å². The van der Waals surface area contributed by atoms with Crippen molar-refractivity contribution >= 4 is 45.1 Å². The number of carbonyl (C=O) groups excluding carboxylic acids is 3. The van der Waals surface area contributed by atoms with Gasteiger partial charge >= 0.3 is 0 Å². The van der Waals surface area contributed by atoms with Crippen LogP contribution >= 0.6 is 11.3 Å². The molecule has 0 saturated carbocycles. The molecule has 1 atom stereocenters. The van der Waals surface area contributed by atoms with Crippen molar-refractivity contribution in [2.45, 2.75) is 12.5 Å². The molecule has 1 aliphatic heterocycles. The number of imide groups is 1.